The molecule has 0 aromatic carbocycles. The summed E-state index contributed by atoms with van der Waals surface area (Å²) in [6.07, 6.45) is 13.7. The molecule has 2 nitrogen and oxygen atoms in total. The van der Waals surface area contributed by atoms with Crippen molar-refractivity contribution in [2.45, 2.75) is 65.2 Å². The fourth-order valence-corrected chi connectivity index (χ4v) is 2.15. The summed E-state index contributed by atoms with van der Waals surface area (Å²) in [5.41, 5.74) is 2.67. The van der Waals surface area contributed by atoms with Crippen molar-refractivity contribution < 1.29 is 0 Å². The van der Waals surface area contributed by atoms with E-state index in [-0.39, 0.29) is 0 Å². The summed E-state index contributed by atoms with van der Waals surface area (Å²) in [6.45, 7) is 8.34. The minimum absolute atomic E-state index is 1.12. The molecule has 0 radical (unpaired) electrons. The third-order valence-corrected chi connectivity index (χ3v) is 3.21. The molecule has 2 heteroatoms. The number of aryl methyl sites for hydroxylation is 1. The van der Waals surface area contributed by atoms with Crippen molar-refractivity contribution in [1.82, 2.24) is 9.55 Å². The first-order chi connectivity index (χ1) is 8.33. The van der Waals surface area contributed by atoms with Crippen molar-refractivity contribution in [2.75, 3.05) is 0 Å². The topological polar surface area (TPSA) is 17.8 Å². The van der Waals surface area contributed by atoms with Gasteiger partial charge in [-0.3, -0.25) is 0 Å². The van der Waals surface area contributed by atoms with Crippen LogP contribution < -0.4 is 0 Å². The first-order valence-electron chi connectivity index (χ1n) is 7.00. The Morgan fingerprint density at radius 2 is 1.76 bits per heavy atom. The Balaban J connectivity index is 2.61. The number of aromatic nitrogens is 2. The van der Waals surface area contributed by atoms with Gasteiger partial charge in [0.25, 0.3) is 0 Å². The summed E-state index contributed by atoms with van der Waals surface area (Å²) >= 11 is 0. The van der Waals surface area contributed by atoms with Gasteiger partial charge in [-0.05, 0) is 25.7 Å². The predicted octanol–water partition coefficient (Wildman–Crippen LogP) is 4.45. The largest absolute Gasteiger partial charge is 0.310 e. The van der Waals surface area contributed by atoms with Crippen molar-refractivity contribution in [3.63, 3.8) is 0 Å². The van der Waals surface area contributed by atoms with Crippen LogP contribution in [0.15, 0.2) is 12.9 Å². The molecule has 0 bridgehead atoms. The van der Waals surface area contributed by atoms with Gasteiger partial charge in [0.15, 0.2) is 0 Å². The summed E-state index contributed by atoms with van der Waals surface area (Å²) in [5.74, 6) is 0. The van der Waals surface area contributed by atoms with Crippen LogP contribution in [0.2, 0.25) is 0 Å². The minimum atomic E-state index is 1.12. The van der Waals surface area contributed by atoms with Crippen LogP contribution in [-0.4, -0.2) is 9.55 Å². The molecule has 0 aliphatic rings. The van der Waals surface area contributed by atoms with Crippen molar-refractivity contribution in [1.29, 1.82) is 0 Å². The summed E-state index contributed by atoms with van der Waals surface area (Å²) < 4.78 is 2.09. The first-order valence-corrected chi connectivity index (χ1v) is 7.00. The lowest BCUT2D eigenvalue weighted by molar-refractivity contribution is 0.678. The van der Waals surface area contributed by atoms with Gasteiger partial charge < -0.3 is 4.57 Å². The van der Waals surface area contributed by atoms with Crippen LogP contribution >= 0.6 is 0 Å². The molecule has 0 atom stereocenters. The molecule has 0 aliphatic heterocycles. The lowest BCUT2D eigenvalue weighted by Crippen LogP contribution is -1.99. The number of hydrogen-bond donors (Lipinski definition) is 0. The lowest BCUT2D eigenvalue weighted by Gasteiger charge is -2.06. The van der Waals surface area contributed by atoms with E-state index in [1.54, 1.807) is 0 Å². The van der Waals surface area contributed by atoms with Gasteiger partial charge in [0, 0.05) is 11.9 Å². The smallest absolute Gasteiger partial charge is 0.0992 e. The zero-order chi connectivity index (χ0) is 12.5. The van der Waals surface area contributed by atoms with Crippen LogP contribution in [0.4, 0.5) is 0 Å². The maximum atomic E-state index is 4.53. The van der Waals surface area contributed by atoms with E-state index in [4.69, 9.17) is 0 Å². The van der Waals surface area contributed by atoms with Crippen LogP contribution in [0.5, 0.6) is 0 Å². The molecule has 0 aliphatic carbocycles. The molecule has 0 unspecified atom stereocenters. The van der Waals surface area contributed by atoms with Crippen LogP contribution in [0.1, 0.15) is 63.8 Å². The summed E-state index contributed by atoms with van der Waals surface area (Å²) in [5, 5.41) is 0. The molecular formula is C15H26N2. The summed E-state index contributed by atoms with van der Waals surface area (Å²) in [7, 11) is 0. The van der Waals surface area contributed by atoms with E-state index in [0.717, 1.165) is 12.8 Å². The number of unbranched alkanes of at least 4 members (excludes halogenated alkanes) is 4. The summed E-state index contributed by atoms with van der Waals surface area (Å²) in [4.78, 5) is 4.53. The standard InChI is InChI=1S/C15H26N2/c1-4-7-9-11-14-15(12-10-8-5-2)17(6-3)13-16-14/h6,13H,3-5,7-12H2,1-2H3. The van der Waals surface area contributed by atoms with Gasteiger partial charge in [0.05, 0.1) is 12.0 Å². The average molecular weight is 234 g/mol. The van der Waals surface area contributed by atoms with E-state index in [0.29, 0.717) is 0 Å². The fraction of sp³-hybridized carbons (Fsp3) is 0.667. The van der Waals surface area contributed by atoms with Crippen molar-refractivity contribution in [3.05, 3.63) is 24.3 Å². The molecule has 96 valence electrons. The Hall–Kier alpha value is -1.05. The van der Waals surface area contributed by atoms with E-state index in [9.17, 15) is 0 Å². The Morgan fingerprint density at radius 1 is 1.12 bits per heavy atom. The molecule has 0 N–H and O–H groups in total. The van der Waals surface area contributed by atoms with Gasteiger partial charge >= 0.3 is 0 Å². The molecule has 17 heavy (non-hydrogen) atoms. The molecule has 0 saturated heterocycles. The zero-order valence-electron chi connectivity index (χ0n) is 11.4. The number of nitrogens with zero attached hydrogens (tertiary/aromatic N) is 2. The SMILES string of the molecule is C=Cn1cnc(CCCCC)c1CCCCC. The van der Waals surface area contributed by atoms with E-state index >= 15 is 0 Å². The normalized spacial score (nSPS) is 10.7. The molecule has 1 aromatic heterocycles. The van der Waals surface area contributed by atoms with Crippen molar-refractivity contribution >= 4 is 6.20 Å². The third kappa shape index (κ3) is 4.37. The number of hydrogen-bond acceptors (Lipinski definition) is 1. The molecule has 0 amide bonds. The van der Waals surface area contributed by atoms with Crippen LogP contribution in [0.25, 0.3) is 6.20 Å². The third-order valence-electron chi connectivity index (χ3n) is 3.21. The van der Waals surface area contributed by atoms with E-state index in [2.05, 4.69) is 30.0 Å². The van der Waals surface area contributed by atoms with E-state index in [1.807, 2.05) is 12.5 Å². The molecule has 1 aromatic rings. The molecule has 0 saturated carbocycles. The van der Waals surface area contributed by atoms with Crippen molar-refractivity contribution in [3.8, 4) is 0 Å². The predicted molar refractivity (Wildman–Crippen MR) is 75.1 cm³/mol. The molecule has 1 rings (SSSR count). The Kier molecular flexibility index (Phi) is 6.68. The Bertz CT molecular complexity index is 326. The van der Waals surface area contributed by atoms with Gasteiger partial charge in [-0.25, -0.2) is 4.98 Å². The first kappa shape index (κ1) is 14.0. The highest BCUT2D eigenvalue weighted by molar-refractivity contribution is 5.26. The van der Waals surface area contributed by atoms with Crippen LogP contribution in [-0.2, 0) is 12.8 Å². The van der Waals surface area contributed by atoms with Gasteiger partial charge in [0.2, 0.25) is 0 Å². The maximum Gasteiger partial charge on any atom is 0.0992 e. The monoisotopic (exact) mass is 234 g/mol. The number of rotatable bonds is 9. The van der Waals surface area contributed by atoms with Gasteiger partial charge in [-0.1, -0.05) is 46.1 Å². The second kappa shape index (κ2) is 8.10. The quantitative estimate of drug-likeness (QED) is 0.577. The zero-order valence-corrected chi connectivity index (χ0v) is 11.4. The van der Waals surface area contributed by atoms with E-state index in [1.165, 1.54) is 49.9 Å². The highest BCUT2D eigenvalue weighted by atomic mass is 15.0. The van der Waals surface area contributed by atoms with Gasteiger partial charge in [0.1, 0.15) is 0 Å². The summed E-state index contributed by atoms with van der Waals surface area (Å²) in [6, 6.07) is 0. The lowest BCUT2D eigenvalue weighted by atomic mass is 10.1. The highest BCUT2D eigenvalue weighted by Gasteiger charge is 2.08. The van der Waals surface area contributed by atoms with Crippen molar-refractivity contribution in [2.24, 2.45) is 0 Å². The number of imidazole rings is 1. The van der Waals surface area contributed by atoms with Crippen LogP contribution in [0.3, 0.4) is 0 Å². The average Bonchev–Trinajstić information content (AvgIpc) is 2.73. The maximum absolute atomic E-state index is 4.53. The fourth-order valence-electron chi connectivity index (χ4n) is 2.15. The molecular weight excluding hydrogens is 208 g/mol. The minimum Gasteiger partial charge on any atom is -0.310 e. The van der Waals surface area contributed by atoms with Gasteiger partial charge in [-0.15, -0.1) is 0 Å². The van der Waals surface area contributed by atoms with Crippen LogP contribution in [0, 0.1) is 0 Å². The Labute approximate surface area is 106 Å². The van der Waals surface area contributed by atoms with Gasteiger partial charge in [-0.2, -0.15) is 0 Å². The molecule has 0 spiro atoms. The Morgan fingerprint density at radius 3 is 2.35 bits per heavy atom. The molecule has 1 heterocycles. The second-order valence-corrected chi connectivity index (χ2v) is 4.64. The molecule has 0 fully saturated rings. The van der Waals surface area contributed by atoms with E-state index < -0.39 is 0 Å². The highest BCUT2D eigenvalue weighted by Crippen LogP contribution is 2.15. The second-order valence-electron chi connectivity index (χ2n) is 4.64.